The zero-order valence-corrected chi connectivity index (χ0v) is 39.2. The van der Waals surface area contributed by atoms with Crippen molar-refractivity contribution in [2.24, 2.45) is 17.8 Å². The van der Waals surface area contributed by atoms with Gasteiger partial charge in [-0.2, -0.15) is 0 Å². The van der Waals surface area contributed by atoms with E-state index >= 15 is 0 Å². The lowest BCUT2D eigenvalue weighted by atomic mass is 9.83. The lowest BCUT2D eigenvalue weighted by molar-refractivity contribution is -0.150. The SMILES string of the molecule is CC(C)C[C@H]1[C@H]([C@@H]2CCC[C@H]2C(=O)N[C@@H](C)C(=O)N[C@@H](CCC(=O)OCc2ccccc2)C(=O)N[C@@H](Cc2ccccc2)C(=O)OCc2ccccc2)OC(C)(C)N1C(=O)OC(C)(C)C. The summed E-state index contributed by atoms with van der Waals surface area (Å²) >= 11 is 0. The molecule has 65 heavy (non-hydrogen) atoms. The maximum absolute atomic E-state index is 14.2. The van der Waals surface area contributed by atoms with Crippen LogP contribution in [0.2, 0.25) is 0 Å². The van der Waals surface area contributed by atoms with Crippen LogP contribution in [-0.2, 0) is 62.6 Å². The second kappa shape index (κ2) is 22.9. The smallest absolute Gasteiger partial charge is 0.412 e. The molecule has 2 aliphatic rings. The first kappa shape index (κ1) is 50.2. The number of rotatable bonds is 19. The van der Waals surface area contributed by atoms with E-state index in [1.807, 2.05) is 126 Å². The van der Waals surface area contributed by atoms with Crippen LogP contribution >= 0.6 is 0 Å². The van der Waals surface area contributed by atoms with E-state index in [1.54, 1.807) is 4.90 Å². The lowest BCUT2D eigenvalue weighted by Gasteiger charge is -2.36. The molecule has 14 heteroatoms. The average molecular weight is 897 g/mol. The summed E-state index contributed by atoms with van der Waals surface area (Å²) in [7, 11) is 0. The Morgan fingerprint density at radius 2 is 1.29 bits per heavy atom. The zero-order chi connectivity index (χ0) is 47.3. The predicted octanol–water partition coefficient (Wildman–Crippen LogP) is 7.17. The number of nitrogens with zero attached hydrogens (tertiary/aromatic N) is 1. The minimum Gasteiger partial charge on any atom is -0.461 e. The monoisotopic (exact) mass is 896 g/mol. The number of nitrogens with one attached hydrogen (secondary N) is 3. The van der Waals surface area contributed by atoms with Crippen molar-refractivity contribution in [3.63, 3.8) is 0 Å². The van der Waals surface area contributed by atoms with Crippen molar-refractivity contribution in [2.45, 2.75) is 155 Å². The number of benzene rings is 3. The molecule has 0 aromatic heterocycles. The van der Waals surface area contributed by atoms with E-state index in [1.165, 1.54) is 6.92 Å². The molecule has 1 aliphatic carbocycles. The van der Waals surface area contributed by atoms with Crippen LogP contribution in [0.15, 0.2) is 91.0 Å². The number of esters is 2. The zero-order valence-electron chi connectivity index (χ0n) is 39.2. The third-order valence-electron chi connectivity index (χ3n) is 11.7. The van der Waals surface area contributed by atoms with Gasteiger partial charge in [-0.05, 0) is 95.8 Å². The number of carbonyl (C=O) groups is 6. The summed E-state index contributed by atoms with van der Waals surface area (Å²) in [4.78, 5) is 84.2. The van der Waals surface area contributed by atoms with Crippen molar-refractivity contribution in [3.8, 4) is 0 Å². The van der Waals surface area contributed by atoms with Crippen molar-refractivity contribution in [1.29, 1.82) is 0 Å². The molecule has 1 aliphatic heterocycles. The third kappa shape index (κ3) is 14.9. The molecule has 5 rings (SSSR count). The molecule has 352 valence electrons. The molecule has 1 saturated carbocycles. The van der Waals surface area contributed by atoms with Crippen molar-refractivity contribution in [1.82, 2.24) is 20.9 Å². The van der Waals surface area contributed by atoms with Crippen LogP contribution in [-0.4, -0.2) is 82.3 Å². The van der Waals surface area contributed by atoms with Gasteiger partial charge in [-0.25, -0.2) is 9.59 Å². The molecule has 0 unspecified atom stereocenters. The van der Waals surface area contributed by atoms with Gasteiger partial charge >= 0.3 is 18.0 Å². The highest BCUT2D eigenvalue weighted by Crippen LogP contribution is 2.46. The number of ether oxygens (including phenoxy) is 4. The summed E-state index contributed by atoms with van der Waals surface area (Å²) in [5, 5.41) is 8.40. The first-order chi connectivity index (χ1) is 30.8. The van der Waals surface area contributed by atoms with Gasteiger partial charge in [0.25, 0.3) is 0 Å². The van der Waals surface area contributed by atoms with E-state index in [2.05, 4.69) is 29.8 Å². The predicted molar refractivity (Wildman–Crippen MR) is 244 cm³/mol. The van der Waals surface area contributed by atoms with Crippen molar-refractivity contribution >= 4 is 35.8 Å². The van der Waals surface area contributed by atoms with Crippen LogP contribution in [0.4, 0.5) is 4.79 Å². The fourth-order valence-corrected chi connectivity index (χ4v) is 8.65. The molecule has 0 spiro atoms. The Morgan fingerprint density at radius 3 is 1.86 bits per heavy atom. The van der Waals surface area contributed by atoms with Crippen molar-refractivity contribution < 1.29 is 47.7 Å². The number of hydrogen-bond acceptors (Lipinski definition) is 10. The Morgan fingerprint density at radius 1 is 0.738 bits per heavy atom. The van der Waals surface area contributed by atoms with Crippen molar-refractivity contribution in [3.05, 3.63) is 108 Å². The molecule has 1 saturated heterocycles. The third-order valence-corrected chi connectivity index (χ3v) is 11.7. The molecule has 4 amide bonds. The first-order valence-corrected chi connectivity index (χ1v) is 22.9. The minimum absolute atomic E-state index is 0.0155. The van der Waals surface area contributed by atoms with Gasteiger partial charge in [0, 0.05) is 18.8 Å². The Bertz CT molecular complexity index is 2060. The molecular formula is C51H68N4O10. The Balaban J connectivity index is 1.30. The van der Waals surface area contributed by atoms with Gasteiger partial charge in [0.15, 0.2) is 0 Å². The largest absolute Gasteiger partial charge is 0.461 e. The Kier molecular flexibility index (Phi) is 17.7. The normalized spacial score (nSPS) is 20.5. The molecule has 0 radical (unpaired) electrons. The summed E-state index contributed by atoms with van der Waals surface area (Å²) < 4.78 is 23.6. The molecule has 3 aromatic rings. The molecule has 1 heterocycles. The first-order valence-electron chi connectivity index (χ1n) is 22.9. The number of hydrogen-bond donors (Lipinski definition) is 3. The van der Waals surface area contributed by atoms with Gasteiger partial charge in [0.2, 0.25) is 17.7 Å². The van der Waals surface area contributed by atoms with Gasteiger partial charge < -0.3 is 34.9 Å². The highest BCUT2D eigenvalue weighted by molar-refractivity contribution is 5.94. The van der Waals surface area contributed by atoms with E-state index in [9.17, 15) is 28.8 Å². The standard InChI is InChI=1S/C51H68N4O10/c1-33(2)29-42-44(64-51(7,8)55(42)49(61)65-50(4,5)6)38-25-18-26-39(38)46(58)52-34(3)45(57)53-40(27-28-43(56)62-31-36-21-14-10-15-22-36)47(59)54-41(30-35-19-12-9-13-20-35)48(60)63-32-37-23-16-11-17-24-37/h9-17,19-24,33-34,38-42,44H,18,25-32H2,1-8H3,(H,52,58)(H,53,57)(H,54,59)/t34-,38+,39+,40-,41-,42-,44-/m0/s1. The fourth-order valence-electron chi connectivity index (χ4n) is 8.65. The van der Waals surface area contributed by atoms with Gasteiger partial charge in [-0.3, -0.25) is 24.1 Å². The van der Waals surface area contributed by atoms with Crippen LogP contribution in [0, 0.1) is 17.8 Å². The molecule has 3 N–H and O–H groups in total. The highest BCUT2D eigenvalue weighted by Gasteiger charge is 2.56. The molecule has 3 aromatic carbocycles. The van der Waals surface area contributed by atoms with Gasteiger partial charge in [0.1, 0.15) is 42.7 Å². The summed E-state index contributed by atoms with van der Waals surface area (Å²) in [6.45, 7) is 14.8. The van der Waals surface area contributed by atoms with Crippen LogP contribution in [0.1, 0.15) is 111 Å². The summed E-state index contributed by atoms with van der Waals surface area (Å²) in [6, 6.07) is 23.6. The van der Waals surface area contributed by atoms with E-state index < -0.39 is 71.3 Å². The minimum atomic E-state index is -1.30. The van der Waals surface area contributed by atoms with E-state index in [0.29, 0.717) is 19.3 Å². The maximum atomic E-state index is 14.2. The fraction of sp³-hybridized carbons (Fsp3) is 0.529. The van der Waals surface area contributed by atoms with E-state index in [0.717, 1.165) is 23.1 Å². The van der Waals surface area contributed by atoms with Gasteiger partial charge in [0.05, 0.1) is 12.1 Å². The highest BCUT2D eigenvalue weighted by atomic mass is 16.6. The van der Waals surface area contributed by atoms with Gasteiger partial charge in [-0.15, -0.1) is 0 Å². The molecule has 2 fully saturated rings. The average Bonchev–Trinajstić information content (AvgIpc) is 3.85. The quantitative estimate of drug-likeness (QED) is 0.0826. The molecular weight excluding hydrogens is 829 g/mol. The number of amides is 4. The second-order valence-corrected chi connectivity index (χ2v) is 19.1. The summed E-state index contributed by atoms with van der Waals surface area (Å²) in [6.07, 6.45) is 1.42. The van der Waals surface area contributed by atoms with Crippen LogP contribution in [0.25, 0.3) is 0 Å². The van der Waals surface area contributed by atoms with Crippen LogP contribution < -0.4 is 16.0 Å². The molecule has 14 nitrogen and oxygen atoms in total. The lowest BCUT2D eigenvalue weighted by Crippen LogP contribution is -2.56. The topological polar surface area (TPSA) is 179 Å². The Hall–Kier alpha value is -5.76. The van der Waals surface area contributed by atoms with Gasteiger partial charge in [-0.1, -0.05) is 111 Å². The maximum Gasteiger partial charge on any atom is 0.412 e. The summed E-state index contributed by atoms with van der Waals surface area (Å²) in [5.74, 6) is -3.53. The Labute approximate surface area is 383 Å². The van der Waals surface area contributed by atoms with Crippen LogP contribution in [0.3, 0.4) is 0 Å². The molecule has 7 atom stereocenters. The molecule has 0 bridgehead atoms. The van der Waals surface area contributed by atoms with Crippen molar-refractivity contribution in [2.75, 3.05) is 0 Å². The van der Waals surface area contributed by atoms with Crippen LogP contribution in [0.5, 0.6) is 0 Å². The van der Waals surface area contributed by atoms with E-state index in [-0.39, 0.29) is 56.3 Å². The number of carbonyl (C=O) groups excluding carboxylic acids is 6. The van der Waals surface area contributed by atoms with E-state index in [4.69, 9.17) is 18.9 Å². The second-order valence-electron chi connectivity index (χ2n) is 19.1. The summed E-state index contributed by atoms with van der Waals surface area (Å²) in [5.41, 5.74) is 0.604.